The van der Waals surface area contributed by atoms with Crippen LogP contribution in [-0.2, 0) is 35.2 Å². The van der Waals surface area contributed by atoms with Crippen molar-refractivity contribution in [3.8, 4) is 0 Å². The van der Waals surface area contributed by atoms with Crippen molar-refractivity contribution in [1.29, 1.82) is 0 Å². The number of hydrogen-bond donors (Lipinski definition) is 1. The number of nitrogens with two attached hydrogens (primary N) is 1. The summed E-state index contributed by atoms with van der Waals surface area (Å²) in [6, 6.07) is 0.0485. The Morgan fingerprint density at radius 2 is 1.81 bits per heavy atom. The molecule has 0 aliphatic carbocycles. The summed E-state index contributed by atoms with van der Waals surface area (Å²) in [7, 11) is 0.990. The highest BCUT2D eigenvalue weighted by Crippen LogP contribution is 2.32. The number of halogens is 6. The molecule has 0 spiro atoms. The number of methoxy groups -OCH3 is 1. The van der Waals surface area contributed by atoms with Crippen LogP contribution in [0.5, 0.6) is 0 Å². The maximum atomic E-state index is 13.8. The molecule has 3 rings (SSSR count). The molecule has 0 radical (unpaired) electrons. The number of rotatable bonds is 5. The van der Waals surface area contributed by atoms with Crippen molar-refractivity contribution >= 4 is 11.9 Å². The average molecular weight is 464 g/mol. The van der Waals surface area contributed by atoms with E-state index in [0.717, 1.165) is 11.7 Å². The van der Waals surface area contributed by atoms with Crippen LogP contribution in [0.25, 0.3) is 0 Å². The van der Waals surface area contributed by atoms with E-state index >= 15 is 0 Å². The van der Waals surface area contributed by atoms with E-state index in [0.29, 0.717) is 12.1 Å². The molecule has 2 N–H and O–H groups in total. The number of alkyl halides is 3. The van der Waals surface area contributed by atoms with Crippen LogP contribution >= 0.6 is 0 Å². The SMILES string of the molecule is COC(=O)c1nc(C(F)(F)F)n2c1CN(C(=O)CC(N)Cc1cc(F)c(F)cc1F)CC2. The zero-order chi connectivity index (χ0) is 23.8. The second-order valence-corrected chi connectivity index (χ2v) is 7.21. The molecule has 1 amide bonds. The molecule has 1 aliphatic heterocycles. The molecule has 1 aliphatic rings. The molecule has 7 nitrogen and oxygen atoms in total. The van der Waals surface area contributed by atoms with Crippen molar-refractivity contribution in [2.45, 2.75) is 38.1 Å². The van der Waals surface area contributed by atoms with Gasteiger partial charge in [0.2, 0.25) is 11.7 Å². The van der Waals surface area contributed by atoms with Crippen LogP contribution in [0.3, 0.4) is 0 Å². The lowest BCUT2D eigenvalue weighted by molar-refractivity contribution is -0.148. The number of amides is 1. The minimum Gasteiger partial charge on any atom is -0.464 e. The van der Waals surface area contributed by atoms with Gasteiger partial charge in [0.05, 0.1) is 19.3 Å². The zero-order valence-corrected chi connectivity index (χ0v) is 16.7. The fraction of sp³-hybridized carbons (Fsp3) is 0.421. The Hall–Kier alpha value is -3.09. The predicted molar refractivity (Wildman–Crippen MR) is 96.6 cm³/mol. The van der Waals surface area contributed by atoms with E-state index in [2.05, 4.69) is 9.72 Å². The molecule has 32 heavy (non-hydrogen) atoms. The molecule has 174 valence electrons. The molecule has 1 unspecified atom stereocenters. The Morgan fingerprint density at radius 1 is 1.16 bits per heavy atom. The lowest BCUT2D eigenvalue weighted by atomic mass is 10.0. The summed E-state index contributed by atoms with van der Waals surface area (Å²) in [4.78, 5) is 29.1. The monoisotopic (exact) mass is 464 g/mol. The van der Waals surface area contributed by atoms with Gasteiger partial charge in [-0.3, -0.25) is 4.79 Å². The van der Waals surface area contributed by atoms with Gasteiger partial charge in [0.15, 0.2) is 17.3 Å². The number of aromatic nitrogens is 2. The Balaban J connectivity index is 1.75. The van der Waals surface area contributed by atoms with E-state index in [1.165, 1.54) is 4.90 Å². The summed E-state index contributed by atoms with van der Waals surface area (Å²) in [5.74, 6) is -6.57. The number of imidazole rings is 1. The predicted octanol–water partition coefficient (Wildman–Crippen LogP) is 2.41. The topological polar surface area (TPSA) is 90.5 Å². The highest BCUT2D eigenvalue weighted by atomic mass is 19.4. The smallest absolute Gasteiger partial charge is 0.449 e. The Labute approximate surface area is 177 Å². The molecule has 1 atom stereocenters. The molecule has 2 heterocycles. The number of hydrogen-bond acceptors (Lipinski definition) is 5. The first-order chi connectivity index (χ1) is 14.9. The van der Waals surface area contributed by atoms with Gasteiger partial charge in [-0.2, -0.15) is 13.2 Å². The first kappa shape index (κ1) is 23.6. The Morgan fingerprint density at radius 3 is 2.44 bits per heavy atom. The average Bonchev–Trinajstić information content (AvgIpc) is 3.10. The third kappa shape index (κ3) is 4.71. The maximum Gasteiger partial charge on any atom is 0.449 e. The zero-order valence-electron chi connectivity index (χ0n) is 16.7. The van der Waals surface area contributed by atoms with Crippen LogP contribution in [0.1, 0.15) is 34.0 Å². The van der Waals surface area contributed by atoms with E-state index < -0.39 is 53.1 Å². The minimum absolute atomic E-state index is 0.113. The summed E-state index contributed by atoms with van der Waals surface area (Å²) in [5.41, 5.74) is 4.95. The largest absolute Gasteiger partial charge is 0.464 e. The van der Waals surface area contributed by atoms with E-state index in [1.54, 1.807) is 0 Å². The van der Waals surface area contributed by atoms with E-state index in [1.807, 2.05) is 0 Å². The molecule has 2 aromatic rings. The molecule has 1 aromatic heterocycles. The summed E-state index contributed by atoms with van der Waals surface area (Å²) >= 11 is 0. The molecular formula is C19H18F6N4O3. The highest BCUT2D eigenvalue weighted by molar-refractivity contribution is 5.89. The standard InChI is InChI=1S/C19H18F6N4O3/c1-32-17(31)16-14-8-28(2-3-29(14)18(27-16)19(23,24)25)15(30)6-10(26)4-9-5-12(21)13(22)7-11(9)20/h5,7,10H,2-4,6,8,26H2,1H3. The van der Waals surface area contributed by atoms with Gasteiger partial charge in [0.25, 0.3) is 0 Å². The molecule has 0 bridgehead atoms. The van der Waals surface area contributed by atoms with Crippen molar-refractivity contribution < 1.29 is 40.7 Å². The van der Waals surface area contributed by atoms with Gasteiger partial charge < -0.3 is 19.9 Å². The van der Waals surface area contributed by atoms with Gasteiger partial charge in [-0.15, -0.1) is 0 Å². The number of carbonyl (C=O) groups excluding carboxylic acids is 2. The number of benzene rings is 1. The summed E-state index contributed by atoms with van der Waals surface area (Å²) in [5, 5.41) is 0. The van der Waals surface area contributed by atoms with Crippen LogP contribution in [0.4, 0.5) is 26.3 Å². The van der Waals surface area contributed by atoms with Crippen molar-refractivity contribution in [1.82, 2.24) is 14.5 Å². The highest BCUT2D eigenvalue weighted by Gasteiger charge is 2.42. The Bertz CT molecular complexity index is 1050. The van der Waals surface area contributed by atoms with Gasteiger partial charge in [0.1, 0.15) is 5.82 Å². The number of nitrogens with zero attached hydrogens (tertiary/aromatic N) is 3. The van der Waals surface area contributed by atoms with Crippen LogP contribution in [0.2, 0.25) is 0 Å². The minimum atomic E-state index is -4.82. The number of esters is 1. The second kappa shape index (κ2) is 8.81. The molecule has 13 heteroatoms. The lowest BCUT2D eigenvalue weighted by Crippen LogP contribution is -2.42. The van der Waals surface area contributed by atoms with Crippen LogP contribution < -0.4 is 5.73 Å². The number of carbonyl (C=O) groups is 2. The van der Waals surface area contributed by atoms with Crippen LogP contribution in [-0.4, -0.2) is 46.0 Å². The van der Waals surface area contributed by atoms with E-state index in [4.69, 9.17) is 5.73 Å². The normalized spacial score (nSPS) is 14.8. The molecule has 0 fully saturated rings. The first-order valence-electron chi connectivity index (χ1n) is 9.34. The van der Waals surface area contributed by atoms with Gasteiger partial charge in [-0.1, -0.05) is 0 Å². The van der Waals surface area contributed by atoms with E-state index in [9.17, 15) is 35.9 Å². The third-order valence-electron chi connectivity index (χ3n) is 5.00. The molecular weight excluding hydrogens is 446 g/mol. The summed E-state index contributed by atoms with van der Waals surface area (Å²) < 4.78 is 85.3. The quantitative estimate of drug-likeness (QED) is 0.417. The van der Waals surface area contributed by atoms with Crippen molar-refractivity contribution in [2.75, 3.05) is 13.7 Å². The fourth-order valence-corrected chi connectivity index (χ4v) is 3.49. The van der Waals surface area contributed by atoms with Gasteiger partial charge in [-0.25, -0.2) is 22.9 Å². The van der Waals surface area contributed by atoms with Gasteiger partial charge in [-0.05, 0) is 18.1 Å². The summed E-state index contributed by atoms with van der Waals surface area (Å²) in [6.07, 6.45) is -5.43. The third-order valence-corrected chi connectivity index (χ3v) is 5.00. The van der Waals surface area contributed by atoms with Crippen LogP contribution in [0, 0.1) is 17.5 Å². The Kier molecular flexibility index (Phi) is 6.49. The van der Waals surface area contributed by atoms with Gasteiger partial charge >= 0.3 is 12.1 Å². The number of fused-ring (bicyclic) bond motifs is 1. The van der Waals surface area contributed by atoms with Gasteiger partial charge in [0, 0.05) is 31.6 Å². The van der Waals surface area contributed by atoms with Crippen LogP contribution in [0.15, 0.2) is 12.1 Å². The molecule has 0 saturated carbocycles. The van der Waals surface area contributed by atoms with Crippen molar-refractivity contribution in [3.63, 3.8) is 0 Å². The molecule has 1 aromatic carbocycles. The summed E-state index contributed by atoms with van der Waals surface area (Å²) in [6.45, 7) is -0.732. The number of ether oxygens (including phenoxy) is 1. The van der Waals surface area contributed by atoms with Crippen molar-refractivity contribution in [2.24, 2.45) is 5.73 Å². The fourth-order valence-electron chi connectivity index (χ4n) is 3.49. The maximum absolute atomic E-state index is 13.8. The van der Waals surface area contributed by atoms with Crippen molar-refractivity contribution in [3.05, 3.63) is 52.4 Å². The first-order valence-corrected chi connectivity index (χ1v) is 9.34. The molecule has 0 saturated heterocycles. The van der Waals surface area contributed by atoms with E-state index in [-0.39, 0.29) is 43.7 Å². The second-order valence-electron chi connectivity index (χ2n) is 7.21. The lowest BCUT2D eigenvalue weighted by Gasteiger charge is -2.30.